The Morgan fingerprint density at radius 3 is 2.63 bits per heavy atom. The second-order valence-corrected chi connectivity index (χ2v) is 5.70. The van der Waals surface area contributed by atoms with E-state index in [1.807, 2.05) is 0 Å². The molecule has 1 spiro atoms. The van der Waals surface area contributed by atoms with Crippen molar-refractivity contribution in [3.05, 3.63) is 34.4 Å². The first-order valence-corrected chi connectivity index (χ1v) is 6.93. The minimum Gasteiger partial charge on any atom is -0.382 e. The molecule has 1 heterocycles. The van der Waals surface area contributed by atoms with Crippen LogP contribution in [0.2, 0.25) is 0 Å². The van der Waals surface area contributed by atoms with Gasteiger partial charge < -0.3 is 10.6 Å². The third kappa shape index (κ3) is 2.56. The van der Waals surface area contributed by atoms with Gasteiger partial charge in [0.15, 0.2) is 0 Å². The summed E-state index contributed by atoms with van der Waals surface area (Å²) >= 11 is 0. The normalized spacial score (nSPS) is 24.7. The predicted molar refractivity (Wildman–Crippen MR) is 74.3 cm³/mol. The van der Waals surface area contributed by atoms with E-state index in [9.17, 15) is 10.1 Å². The number of hydrogen-bond acceptors (Lipinski definition) is 4. The Balaban J connectivity index is 1.62. The summed E-state index contributed by atoms with van der Waals surface area (Å²) < 4.78 is 0. The smallest absolute Gasteiger partial charge is 0.269 e. The molecule has 1 saturated heterocycles. The van der Waals surface area contributed by atoms with Gasteiger partial charge in [0.05, 0.1) is 4.92 Å². The fraction of sp³-hybridized carbons (Fsp3) is 0.571. The van der Waals surface area contributed by atoms with Crippen molar-refractivity contribution in [2.45, 2.75) is 43.7 Å². The molecule has 1 aromatic carbocycles. The van der Waals surface area contributed by atoms with Crippen LogP contribution in [0, 0.1) is 10.1 Å². The van der Waals surface area contributed by atoms with Crippen LogP contribution >= 0.6 is 0 Å². The fourth-order valence-corrected chi connectivity index (χ4v) is 3.18. The third-order valence-electron chi connectivity index (χ3n) is 4.39. The highest BCUT2D eigenvalue weighted by Crippen LogP contribution is 2.38. The monoisotopic (exact) mass is 261 g/mol. The van der Waals surface area contributed by atoms with Gasteiger partial charge in [0.25, 0.3) is 5.69 Å². The zero-order chi connectivity index (χ0) is 13.3. The number of hydrogen-bond donors (Lipinski definition) is 2. The van der Waals surface area contributed by atoms with E-state index in [-0.39, 0.29) is 10.6 Å². The van der Waals surface area contributed by atoms with Crippen molar-refractivity contribution in [2.24, 2.45) is 0 Å². The number of rotatable bonds is 3. The van der Waals surface area contributed by atoms with Crippen molar-refractivity contribution in [3.63, 3.8) is 0 Å². The molecule has 0 amide bonds. The summed E-state index contributed by atoms with van der Waals surface area (Å²) in [6.07, 6.45) is 6.16. The SMILES string of the molecule is O=[N+]([O-])c1ccc(NC2CCNC3(CCC3)C2)cc1. The minimum atomic E-state index is -0.363. The van der Waals surface area contributed by atoms with Gasteiger partial charge in [0.2, 0.25) is 0 Å². The fourth-order valence-electron chi connectivity index (χ4n) is 3.18. The van der Waals surface area contributed by atoms with E-state index in [2.05, 4.69) is 10.6 Å². The summed E-state index contributed by atoms with van der Waals surface area (Å²) in [6, 6.07) is 7.19. The highest BCUT2D eigenvalue weighted by molar-refractivity contribution is 5.49. The van der Waals surface area contributed by atoms with Gasteiger partial charge in [-0.3, -0.25) is 10.1 Å². The van der Waals surface area contributed by atoms with Crippen LogP contribution in [-0.4, -0.2) is 23.0 Å². The quantitative estimate of drug-likeness (QED) is 0.648. The maximum atomic E-state index is 10.6. The molecule has 5 nitrogen and oxygen atoms in total. The number of nitrogens with one attached hydrogen (secondary N) is 2. The number of nitro benzene ring substituents is 1. The van der Waals surface area contributed by atoms with Gasteiger partial charge in [0.1, 0.15) is 0 Å². The first-order valence-electron chi connectivity index (χ1n) is 6.93. The van der Waals surface area contributed by atoms with Gasteiger partial charge in [-0.2, -0.15) is 0 Å². The summed E-state index contributed by atoms with van der Waals surface area (Å²) in [6.45, 7) is 1.06. The number of piperidine rings is 1. The molecule has 2 aliphatic rings. The third-order valence-corrected chi connectivity index (χ3v) is 4.39. The van der Waals surface area contributed by atoms with Gasteiger partial charge >= 0.3 is 0 Å². The Kier molecular flexibility index (Phi) is 3.14. The van der Waals surface area contributed by atoms with Gasteiger partial charge in [-0.1, -0.05) is 0 Å². The molecule has 1 atom stereocenters. The predicted octanol–water partition coefficient (Wildman–Crippen LogP) is 2.68. The van der Waals surface area contributed by atoms with Crippen molar-refractivity contribution >= 4 is 11.4 Å². The average Bonchev–Trinajstić information content (AvgIpc) is 2.38. The molecule has 0 bridgehead atoms. The Bertz CT molecular complexity index is 468. The van der Waals surface area contributed by atoms with Gasteiger partial charge in [-0.05, 0) is 50.8 Å². The van der Waals surface area contributed by atoms with E-state index in [0.717, 1.165) is 25.1 Å². The summed E-state index contributed by atoms with van der Waals surface area (Å²) in [4.78, 5) is 10.2. The number of non-ortho nitro benzene ring substituents is 1. The van der Waals surface area contributed by atoms with E-state index in [1.165, 1.54) is 19.3 Å². The molecule has 2 fully saturated rings. The van der Waals surface area contributed by atoms with Crippen LogP contribution in [0.1, 0.15) is 32.1 Å². The molecular formula is C14H19N3O2. The number of nitrogens with zero attached hydrogens (tertiary/aromatic N) is 1. The highest BCUT2D eigenvalue weighted by atomic mass is 16.6. The molecule has 2 N–H and O–H groups in total. The number of benzene rings is 1. The average molecular weight is 261 g/mol. The molecule has 1 unspecified atom stereocenters. The summed E-state index contributed by atoms with van der Waals surface area (Å²) in [5.41, 5.74) is 1.50. The molecule has 0 aromatic heterocycles. The van der Waals surface area contributed by atoms with Gasteiger partial charge in [-0.15, -0.1) is 0 Å². The number of anilines is 1. The molecule has 1 aliphatic heterocycles. The Morgan fingerprint density at radius 2 is 2.05 bits per heavy atom. The van der Waals surface area contributed by atoms with Crippen LogP contribution in [0.3, 0.4) is 0 Å². The lowest BCUT2D eigenvalue weighted by Gasteiger charge is -2.48. The Labute approximate surface area is 112 Å². The topological polar surface area (TPSA) is 67.2 Å². The molecule has 3 rings (SSSR count). The molecule has 102 valence electrons. The van der Waals surface area contributed by atoms with Crippen molar-refractivity contribution in [3.8, 4) is 0 Å². The van der Waals surface area contributed by atoms with E-state index >= 15 is 0 Å². The number of nitro groups is 1. The van der Waals surface area contributed by atoms with Crippen LogP contribution in [0.15, 0.2) is 24.3 Å². The molecule has 0 radical (unpaired) electrons. The van der Waals surface area contributed by atoms with Crippen molar-refractivity contribution < 1.29 is 4.92 Å². The summed E-state index contributed by atoms with van der Waals surface area (Å²) in [5, 5.41) is 17.8. The molecule has 5 heteroatoms. The molecular weight excluding hydrogens is 242 g/mol. The lowest BCUT2D eigenvalue weighted by molar-refractivity contribution is -0.384. The molecule has 19 heavy (non-hydrogen) atoms. The molecule has 1 aliphatic carbocycles. The maximum absolute atomic E-state index is 10.6. The zero-order valence-electron chi connectivity index (χ0n) is 10.9. The van der Waals surface area contributed by atoms with Gasteiger partial charge in [0, 0.05) is 29.4 Å². The van der Waals surface area contributed by atoms with E-state index in [1.54, 1.807) is 24.3 Å². The van der Waals surface area contributed by atoms with Crippen LogP contribution in [-0.2, 0) is 0 Å². The minimum absolute atomic E-state index is 0.145. The first-order chi connectivity index (χ1) is 9.17. The second kappa shape index (κ2) is 4.81. The van der Waals surface area contributed by atoms with Crippen LogP contribution in [0.25, 0.3) is 0 Å². The van der Waals surface area contributed by atoms with Gasteiger partial charge in [-0.25, -0.2) is 0 Å². The summed E-state index contributed by atoms with van der Waals surface area (Å²) in [5.74, 6) is 0. The lowest BCUT2D eigenvalue weighted by atomic mass is 9.70. The zero-order valence-corrected chi connectivity index (χ0v) is 10.9. The molecule has 1 saturated carbocycles. The largest absolute Gasteiger partial charge is 0.382 e. The van der Waals surface area contributed by atoms with Crippen LogP contribution in [0.4, 0.5) is 11.4 Å². The second-order valence-electron chi connectivity index (χ2n) is 5.70. The Hall–Kier alpha value is -1.62. The highest BCUT2D eigenvalue weighted by Gasteiger charge is 2.40. The standard InChI is InChI=1S/C14H19N3O2/c18-17(19)13-4-2-11(3-5-13)16-12-6-9-15-14(10-12)7-1-8-14/h2-5,12,15-16H,1,6-10H2. The van der Waals surface area contributed by atoms with Crippen molar-refractivity contribution in [2.75, 3.05) is 11.9 Å². The van der Waals surface area contributed by atoms with Crippen molar-refractivity contribution in [1.29, 1.82) is 0 Å². The maximum Gasteiger partial charge on any atom is 0.269 e. The van der Waals surface area contributed by atoms with Crippen molar-refractivity contribution in [1.82, 2.24) is 5.32 Å². The Morgan fingerprint density at radius 1 is 1.32 bits per heavy atom. The van der Waals surface area contributed by atoms with Crippen LogP contribution < -0.4 is 10.6 Å². The molecule has 1 aromatic rings. The first kappa shape index (κ1) is 12.4. The van der Waals surface area contributed by atoms with E-state index < -0.39 is 0 Å². The summed E-state index contributed by atoms with van der Waals surface area (Å²) in [7, 11) is 0. The lowest BCUT2D eigenvalue weighted by Crippen LogP contribution is -2.58. The van der Waals surface area contributed by atoms with E-state index in [4.69, 9.17) is 0 Å². The van der Waals surface area contributed by atoms with E-state index in [0.29, 0.717) is 11.6 Å². The van der Waals surface area contributed by atoms with Crippen LogP contribution in [0.5, 0.6) is 0 Å².